The molecule has 0 aromatic heterocycles. The molecule has 0 saturated carbocycles. The van der Waals surface area contributed by atoms with Crippen molar-refractivity contribution in [2.75, 3.05) is 6.61 Å². The van der Waals surface area contributed by atoms with Crippen LogP contribution >= 0.6 is 0 Å². The molecular formula is C22H32O3. The molecule has 0 spiro atoms. The number of carbonyl (C=O) groups excluding carboxylic acids is 1. The first-order valence-electron chi connectivity index (χ1n) is 8.86. The maximum absolute atomic E-state index is 10.7. The molecule has 0 aromatic rings. The van der Waals surface area contributed by atoms with E-state index in [-0.39, 0.29) is 17.5 Å². The van der Waals surface area contributed by atoms with Crippen LogP contribution in [0.4, 0.5) is 0 Å². The summed E-state index contributed by atoms with van der Waals surface area (Å²) >= 11 is 0. The Balaban J connectivity index is 2.74. The summed E-state index contributed by atoms with van der Waals surface area (Å²) < 4.78 is 4.88. The molecule has 0 heterocycles. The molecule has 0 aliphatic heterocycles. The Hall–Kier alpha value is -1.87. The van der Waals surface area contributed by atoms with Crippen LogP contribution < -0.4 is 0 Å². The predicted molar refractivity (Wildman–Crippen MR) is 104 cm³/mol. The first-order valence-corrected chi connectivity index (χ1v) is 8.86. The second-order valence-electron chi connectivity index (χ2n) is 7.39. The molecule has 138 valence electrons. The second kappa shape index (κ2) is 9.57. The number of carbonyl (C=O) groups is 1. The molecule has 1 aliphatic carbocycles. The van der Waals surface area contributed by atoms with Crippen molar-refractivity contribution in [3.05, 3.63) is 58.7 Å². The van der Waals surface area contributed by atoms with Crippen LogP contribution in [0.25, 0.3) is 0 Å². The van der Waals surface area contributed by atoms with Crippen LogP contribution in [0.3, 0.4) is 0 Å². The average Bonchev–Trinajstić information content (AvgIpc) is 2.50. The number of rotatable bonds is 6. The van der Waals surface area contributed by atoms with Gasteiger partial charge in [0.2, 0.25) is 0 Å². The molecule has 0 amide bonds. The molecule has 3 nitrogen and oxygen atoms in total. The van der Waals surface area contributed by atoms with E-state index in [0.29, 0.717) is 6.61 Å². The Bertz CT molecular complexity index is 628. The van der Waals surface area contributed by atoms with Gasteiger partial charge in [0, 0.05) is 6.92 Å². The molecule has 1 atom stereocenters. The summed E-state index contributed by atoms with van der Waals surface area (Å²) in [5.74, 6) is -0.269. The van der Waals surface area contributed by atoms with Gasteiger partial charge in [-0.3, -0.25) is 4.79 Å². The minimum absolute atomic E-state index is 0.103. The Morgan fingerprint density at radius 3 is 2.56 bits per heavy atom. The van der Waals surface area contributed by atoms with Crippen molar-refractivity contribution in [3.8, 4) is 0 Å². The van der Waals surface area contributed by atoms with Gasteiger partial charge in [-0.15, -0.1) is 0 Å². The lowest BCUT2D eigenvalue weighted by Gasteiger charge is -2.35. The SMILES string of the molecule is CC(=O)OC/C=C(C)/C=C/C=C(C)/C=C/C1=C(C)C(O)CCC1(C)C. The second-order valence-corrected chi connectivity index (χ2v) is 7.39. The Morgan fingerprint density at radius 1 is 1.24 bits per heavy atom. The molecule has 0 fully saturated rings. The lowest BCUT2D eigenvalue weighted by atomic mass is 9.71. The molecular weight excluding hydrogens is 312 g/mol. The summed E-state index contributed by atoms with van der Waals surface area (Å²) in [4.78, 5) is 10.7. The molecule has 0 aromatic carbocycles. The smallest absolute Gasteiger partial charge is 0.302 e. The number of hydrogen-bond acceptors (Lipinski definition) is 3. The van der Waals surface area contributed by atoms with E-state index < -0.39 is 0 Å². The fraction of sp³-hybridized carbons (Fsp3) is 0.500. The summed E-state index contributed by atoms with van der Waals surface area (Å²) in [5, 5.41) is 10.1. The van der Waals surface area contributed by atoms with Crippen molar-refractivity contribution in [2.45, 2.75) is 60.5 Å². The molecule has 1 rings (SSSR count). The van der Waals surface area contributed by atoms with Crippen LogP contribution in [-0.2, 0) is 9.53 Å². The maximum Gasteiger partial charge on any atom is 0.302 e. The van der Waals surface area contributed by atoms with Gasteiger partial charge in [0.15, 0.2) is 0 Å². The Kier molecular flexibility index (Phi) is 8.11. The fourth-order valence-corrected chi connectivity index (χ4v) is 2.90. The maximum atomic E-state index is 10.7. The van der Waals surface area contributed by atoms with E-state index in [1.807, 2.05) is 38.2 Å². The summed E-state index contributed by atoms with van der Waals surface area (Å²) in [5.41, 5.74) is 4.61. The number of aliphatic hydroxyl groups is 1. The Morgan fingerprint density at radius 2 is 1.92 bits per heavy atom. The summed E-state index contributed by atoms with van der Waals surface area (Å²) in [6.45, 7) is 12.2. The highest BCUT2D eigenvalue weighted by molar-refractivity contribution is 5.66. The van der Waals surface area contributed by atoms with E-state index in [2.05, 4.69) is 32.9 Å². The van der Waals surface area contributed by atoms with Crippen molar-refractivity contribution >= 4 is 5.97 Å². The van der Waals surface area contributed by atoms with Crippen LogP contribution in [-0.4, -0.2) is 23.8 Å². The quantitative estimate of drug-likeness (QED) is 0.541. The van der Waals surface area contributed by atoms with Gasteiger partial charge in [-0.05, 0) is 56.3 Å². The Labute approximate surface area is 152 Å². The number of aliphatic hydroxyl groups excluding tert-OH is 1. The van der Waals surface area contributed by atoms with Gasteiger partial charge < -0.3 is 9.84 Å². The number of esters is 1. The highest BCUT2D eigenvalue weighted by Gasteiger charge is 2.30. The molecule has 25 heavy (non-hydrogen) atoms. The van der Waals surface area contributed by atoms with E-state index in [9.17, 15) is 9.90 Å². The first-order chi connectivity index (χ1) is 11.6. The van der Waals surface area contributed by atoms with E-state index >= 15 is 0 Å². The third-order valence-electron chi connectivity index (χ3n) is 4.62. The van der Waals surface area contributed by atoms with Crippen LogP contribution in [0, 0.1) is 5.41 Å². The zero-order chi connectivity index (χ0) is 19.0. The summed E-state index contributed by atoms with van der Waals surface area (Å²) in [6, 6.07) is 0. The standard InChI is InChI=1S/C22H32O3/c1-16(8-7-9-17(2)13-15-25-19(4)23)10-11-20-18(3)21(24)12-14-22(20,5)6/h7-11,13,21,24H,12,14-15H2,1-6H3/b9-7+,11-10+,16-8+,17-13+. The minimum Gasteiger partial charge on any atom is -0.462 e. The van der Waals surface area contributed by atoms with Crippen molar-refractivity contribution in [2.24, 2.45) is 5.41 Å². The largest absolute Gasteiger partial charge is 0.462 e. The fourth-order valence-electron chi connectivity index (χ4n) is 2.90. The van der Waals surface area contributed by atoms with Crippen LogP contribution in [0.2, 0.25) is 0 Å². The van der Waals surface area contributed by atoms with Crippen molar-refractivity contribution < 1.29 is 14.6 Å². The van der Waals surface area contributed by atoms with E-state index in [1.165, 1.54) is 12.5 Å². The monoisotopic (exact) mass is 344 g/mol. The van der Waals surface area contributed by atoms with E-state index in [1.54, 1.807) is 0 Å². The number of hydrogen-bond donors (Lipinski definition) is 1. The lowest BCUT2D eigenvalue weighted by Crippen LogP contribution is -2.27. The zero-order valence-electron chi connectivity index (χ0n) is 16.4. The molecule has 0 saturated heterocycles. The van der Waals surface area contributed by atoms with Crippen molar-refractivity contribution in [1.82, 2.24) is 0 Å². The van der Waals surface area contributed by atoms with Crippen LogP contribution in [0.5, 0.6) is 0 Å². The normalized spacial score (nSPS) is 22.1. The van der Waals surface area contributed by atoms with Crippen molar-refractivity contribution in [3.63, 3.8) is 0 Å². The van der Waals surface area contributed by atoms with Crippen molar-refractivity contribution in [1.29, 1.82) is 0 Å². The summed E-state index contributed by atoms with van der Waals surface area (Å²) in [6.07, 6.45) is 13.6. The van der Waals surface area contributed by atoms with Gasteiger partial charge in [0.05, 0.1) is 6.10 Å². The third kappa shape index (κ3) is 7.27. The van der Waals surface area contributed by atoms with Gasteiger partial charge in [0.1, 0.15) is 6.61 Å². The van der Waals surface area contributed by atoms with E-state index in [0.717, 1.165) is 29.6 Å². The third-order valence-corrected chi connectivity index (χ3v) is 4.62. The minimum atomic E-state index is -0.318. The molecule has 1 aliphatic rings. The van der Waals surface area contributed by atoms with Crippen LogP contribution in [0.15, 0.2) is 58.7 Å². The summed E-state index contributed by atoms with van der Waals surface area (Å²) in [7, 11) is 0. The lowest BCUT2D eigenvalue weighted by molar-refractivity contribution is -0.139. The van der Waals surface area contributed by atoms with Gasteiger partial charge in [-0.1, -0.05) is 55.4 Å². The zero-order valence-corrected chi connectivity index (χ0v) is 16.4. The van der Waals surface area contributed by atoms with Gasteiger partial charge in [-0.25, -0.2) is 0 Å². The van der Waals surface area contributed by atoms with Gasteiger partial charge in [0.25, 0.3) is 0 Å². The molecule has 0 radical (unpaired) electrons. The topological polar surface area (TPSA) is 46.5 Å². The molecule has 1 N–H and O–H groups in total. The number of allylic oxidation sites excluding steroid dienone is 8. The van der Waals surface area contributed by atoms with Gasteiger partial charge in [-0.2, -0.15) is 0 Å². The molecule has 3 heteroatoms. The highest BCUT2D eigenvalue weighted by Crippen LogP contribution is 2.40. The first kappa shape index (κ1) is 21.2. The van der Waals surface area contributed by atoms with E-state index in [4.69, 9.17) is 4.74 Å². The van der Waals surface area contributed by atoms with Gasteiger partial charge >= 0.3 is 5.97 Å². The average molecular weight is 344 g/mol. The molecule has 0 bridgehead atoms. The van der Waals surface area contributed by atoms with Crippen LogP contribution in [0.1, 0.15) is 54.4 Å². The molecule has 1 unspecified atom stereocenters. The highest BCUT2D eigenvalue weighted by atomic mass is 16.5. The number of ether oxygens (including phenoxy) is 1. The predicted octanol–water partition coefficient (Wildman–Crippen LogP) is 5.05.